The fourth-order valence-corrected chi connectivity index (χ4v) is 2.99. The molecule has 2 aromatic rings. The normalized spacial score (nSPS) is 13.4. The molecule has 1 aliphatic rings. The number of anilines is 2. The fraction of sp³-hybridized carbons (Fsp3) is 0.278. The van der Waals surface area contributed by atoms with Crippen molar-refractivity contribution in [3.05, 3.63) is 59.4 Å². The molecule has 24 heavy (non-hydrogen) atoms. The van der Waals surface area contributed by atoms with Crippen molar-refractivity contribution in [1.82, 2.24) is 5.32 Å². The van der Waals surface area contributed by atoms with Crippen LogP contribution in [0.3, 0.4) is 0 Å². The number of carbonyl (C=O) groups is 1. The third-order valence-corrected chi connectivity index (χ3v) is 4.22. The number of rotatable bonds is 3. The van der Waals surface area contributed by atoms with Crippen molar-refractivity contribution < 1.29 is 14.4 Å². The fourth-order valence-electron chi connectivity index (χ4n) is 2.99. The lowest BCUT2D eigenvalue weighted by molar-refractivity contribution is 0.206. The van der Waals surface area contributed by atoms with E-state index in [-0.39, 0.29) is 5.82 Å². The minimum atomic E-state index is -0.575. The van der Waals surface area contributed by atoms with Gasteiger partial charge in [-0.05, 0) is 54.3 Å². The van der Waals surface area contributed by atoms with Gasteiger partial charge in [0.05, 0.1) is 5.69 Å². The molecule has 0 unspecified atom stereocenters. The minimum absolute atomic E-state index is 0.236. The zero-order chi connectivity index (χ0) is 17.1. The second kappa shape index (κ2) is 6.88. The first-order valence-electron chi connectivity index (χ1n) is 7.91. The van der Waals surface area contributed by atoms with E-state index in [2.05, 4.69) is 10.2 Å². The van der Waals surface area contributed by atoms with Gasteiger partial charge in [-0.15, -0.1) is 0 Å². The summed E-state index contributed by atoms with van der Waals surface area (Å²) in [7, 11) is 1.47. The lowest BCUT2D eigenvalue weighted by atomic mass is 10.00. The van der Waals surface area contributed by atoms with Gasteiger partial charge < -0.3 is 10.2 Å². The average Bonchev–Trinajstić information content (AvgIpc) is 2.62. The van der Waals surface area contributed by atoms with E-state index in [1.807, 2.05) is 12.1 Å². The number of carbonyl (C=O) groups excluding carboxylic acids is 1. The maximum absolute atomic E-state index is 13.0. The van der Waals surface area contributed by atoms with Crippen molar-refractivity contribution in [1.29, 1.82) is 0 Å². The molecule has 0 radical (unpaired) electrons. The Morgan fingerprint density at radius 1 is 1.29 bits per heavy atom. The monoisotopic (exact) mass is 329 g/mol. The van der Waals surface area contributed by atoms with Gasteiger partial charge in [-0.2, -0.15) is 5.06 Å². The summed E-state index contributed by atoms with van der Waals surface area (Å²) in [6.07, 6.45) is 1.88. The van der Waals surface area contributed by atoms with Crippen LogP contribution in [0.15, 0.2) is 42.5 Å². The average molecular weight is 329 g/mol. The number of hydrogen-bond acceptors (Lipinski definition) is 3. The molecule has 6 heteroatoms. The predicted octanol–water partition coefficient (Wildman–Crippen LogP) is 3.31. The van der Waals surface area contributed by atoms with Crippen LogP contribution < -0.4 is 15.3 Å². The highest BCUT2D eigenvalue weighted by Crippen LogP contribution is 2.31. The molecule has 3 rings (SSSR count). The molecule has 0 aliphatic carbocycles. The van der Waals surface area contributed by atoms with Crippen LogP contribution >= 0.6 is 0 Å². The number of hydrogen-bond donors (Lipinski definition) is 2. The molecule has 0 aromatic heterocycles. The molecular weight excluding hydrogens is 309 g/mol. The maximum Gasteiger partial charge on any atom is 0.345 e. The second-order valence-electron chi connectivity index (χ2n) is 5.83. The van der Waals surface area contributed by atoms with Crippen molar-refractivity contribution in [2.45, 2.75) is 19.4 Å². The quantitative estimate of drug-likeness (QED) is 0.671. The van der Waals surface area contributed by atoms with Crippen LogP contribution in [0.4, 0.5) is 20.6 Å². The van der Waals surface area contributed by atoms with Gasteiger partial charge in [-0.3, -0.25) is 5.21 Å². The molecule has 0 bridgehead atoms. The number of nitrogens with zero attached hydrogens (tertiary/aromatic N) is 2. The molecule has 0 saturated carbocycles. The highest BCUT2D eigenvalue weighted by atomic mass is 19.1. The van der Waals surface area contributed by atoms with Crippen molar-refractivity contribution in [2.24, 2.45) is 0 Å². The minimum Gasteiger partial charge on any atom is -0.367 e. The number of amides is 2. The van der Waals surface area contributed by atoms with Crippen LogP contribution in [0.1, 0.15) is 17.5 Å². The van der Waals surface area contributed by atoms with Gasteiger partial charge in [0.25, 0.3) is 0 Å². The zero-order valence-corrected chi connectivity index (χ0v) is 13.5. The van der Waals surface area contributed by atoms with E-state index in [4.69, 9.17) is 0 Å². The van der Waals surface area contributed by atoms with E-state index in [1.54, 1.807) is 18.2 Å². The summed E-state index contributed by atoms with van der Waals surface area (Å²) >= 11 is 0. The smallest absolute Gasteiger partial charge is 0.345 e. The van der Waals surface area contributed by atoms with Gasteiger partial charge in [0.1, 0.15) is 5.82 Å². The van der Waals surface area contributed by atoms with Crippen LogP contribution in [0.2, 0.25) is 0 Å². The Labute approximate surface area is 140 Å². The molecule has 0 spiro atoms. The summed E-state index contributed by atoms with van der Waals surface area (Å²) in [6.45, 7) is 1.62. The van der Waals surface area contributed by atoms with Crippen LogP contribution in [0, 0.1) is 5.82 Å². The number of hydroxylamine groups is 1. The molecule has 2 aromatic carbocycles. The largest absolute Gasteiger partial charge is 0.367 e. The van der Waals surface area contributed by atoms with Crippen molar-refractivity contribution in [3.8, 4) is 0 Å². The van der Waals surface area contributed by atoms with Crippen molar-refractivity contribution in [3.63, 3.8) is 0 Å². The summed E-state index contributed by atoms with van der Waals surface area (Å²) in [5.41, 5.74) is 3.66. The second-order valence-corrected chi connectivity index (χ2v) is 5.83. The van der Waals surface area contributed by atoms with Crippen molar-refractivity contribution >= 4 is 17.4 Å². The van der Waals surface area contributed by atoms with E-state index < -0.39 is 6.03 Å². The Morgan fingerprint density at radius 2 is 2.04 bits per heavy atom. The van der Waals surface area contributed by atoms with Gasteiger partial charge in [0.2, 0.25) is 0 Å². The zero-order valence-electron chi connectivity index (χ0n) is 13.5. The van der Waals surface area contributed by atoms with E-state index in [9.17, 15) is 14.4 Å². The van der Waals surface area contributed by atoms with Gasteiger partial charge in [-0.25, -0.2) is 9.18 Å². The van der Waals surface area contributed by atoms with Crippen LogP contribution in [0.5, 0.6) is 0 Å². The van der Waals surface area contributed by atoms with Gasteiger partial charge in [0, 0.05) is 25.8 Å². The summed E-state index contributed by atoms with van der Waals surface area (Å²) in [4.78, 5) is 13.8. The Bertz CT molecular complexity index is 734. The van der Waals surface area contributed by atoms with Crippen LogP contribution in [-0.2, 0) is 13.0 Å². The maximum atomic E-state index is 13.0. The molecule has 5 nitrogen and oxygen atoms in total. The first-order chi connectivity index (χ1) is 11.6. The molecular formula is C18H20FN3O2. The number of nitrogens with one attached hydrogen (secondary N) is 1. The number of urea groups is 1. The lowest BCUT2D eigenvalue weighted by Gasteiger charge is -2.32. The Hall–Kier alpha value is -2.60. The number of aryl methyl sites for hydroxylation is 1. The van der Waals surface area contributed by atoms with Gasteiger partial charge in [0.15, 0.2) is 0 Å². The Balaban J connectivity index is 1.83. The molecule has 1 aliphatic heterocycles. The molecule has 1 heterocycles. The topological polar surface area (TPSA) is 55.8 Å². The van der Waals surface area contributed by atoms with Gasteiger partial charge >= 0.3 is 6.03 Å². The van der Waals surface area contributed by atoms with Crippen molar-refractivity contribution in [2.75, 3.05) is 23.6 Å². The highest BCUT2D eigenvalue weighted by Gasteiger charge is 2.20. The van der Waals surface area contributed by atoms with Crippen LogP contribution in [0.25, 0.3) is 0 Å². The standard InChI is InChI=1S/C18H20FN3O2/c1-20-18(23)22(24)16-8-9-17-14(11-16)3-2-10-21(17)12-13-4-6-15(19)7-5-13/h4-9,11,24H,2-3,10,12H2,1H3,(H,20,23). The Morgan fingerprint density at radius 3 is 2.75 bits per heavy atom. The van der Waals surface area contributed by atoms with Crippen LogP contribution in [-0.4, -0.2) is 24.8 Å². The number of halogens is 1. The molecule has 0 saturated heterocycles. The Kier molecular flexibility index (Phi) is 4.66. The first kappa shape index (κ1) is 16.3. The lowest BCUT2D eigenvalue weighted by Crippen LogP contribution is -2.35. The van der Waals surface area contributed by atoms with E-state index in [1.165, 1.54) is 19.2 Å². The van der Waals surface area contributed by atoms with E-state index >= 15 is 0 Å². The summed E-state index contributed by atoms with van der Waals surface area (Å²) in [5, 5.41) is 12.9. The molecule has 0 fully saturated rings. The summed E-state index contributed by atoms with van der Waals surface area (Å²) < 4.78 is 13.0. The molecule has 2 N–H and O–H groups in total. The number of benzene rings is 2. The predicted molar refractivity (Wildman–Crippen MR) is 90.9 cm³/mol. The third kappa shape index (κ3) is 3.33. The number of fused-ring (bicyclic) bond motifs is 1. The first-order valence-corrected chi connectivity index (χ1v) is 7.91. The van der Waals surface area contributed by atoms with E-state index in [0.29, 0.717) is 17.3 Å². The molecule has 126 valence electrons. The third-order valence-electron chi connectivity index (χ3n) is 4.22. The highest BCUT2D eigenvalue weighted by molar-refractivity contribution is 5.89. The summed E-state index contributed by atoms with van der Waals surface area (Å²) in [6, 6.07) is 11.4. The molecule has 2 amide bonds. The summed E-state index contributed by atoms with van der Waals surface area (Å²) in [5.74, 6) is -0.236. The SMILES string of the molecule is CNC(=O)N(O)c1ccc2c(c1)CCCN2Cc1ccc(F)cc1. The molecule has 0 atom stereocenters. The van der Waals surface area contributed by atoms with Gasteiger partial charge in [-0.1, -0.05) is 12.1 Å². The van der Waals surface area contributed by atoms with E-state index in [0.717, 1.165) is 36.2 Å².